The van der Waals surface area contributed by atoms with E-state index in [1.54, 1.807) is 24.4 Å². The first-order valence-electron chi connectivity index (χ1n) is 4.11. The molecule has 0 aliphatic rings. The van der Waals surface area contributed by atoms with Crippen LogP contribution in [0.2, 0.25) is 0 Å². The minimum atomic E-state index is -0.819. The second-order valence-electron chi connectivity index (χ2n) is 2.79. The summed E-state index contributed by atoms with van der Waals surface area (Å²) in [6.45, 7) is 0. The van der Waals surface area contributed by atoms with E-state index in [1.165, 1.54) is 6.26 Å². The highest BCUT2D eigenvalue weighted by Crippen LogP contribution is 2.27. The molecule has 0 saturated carbocycles. The first kappa shape index (κ1) is 9.43. The topological polar surface area (TPSA) is 46.3 Å². The molecular formula is C10H8BrNO2. The fourth-order valence-electron chi connectivity index (χ4n) is 1.17. The van der Waals surface area contributed by atoms with Gasteiger partial charge in [0, 0.05) is 6.20 Å². The van der Waals surface area contributed by atoms with Crippen LogP contribution in [0.1, 0.15) is 17.6 Å². The highest BCUT2D eigenvalue weighted by Gasteiger charge is 2.17. The molecule has 1 unspecified atom stereocenters. The number of aromatic nitrogens is 1. The van der Waals surface area contributed by atoms with Crippen LogP contribution in [-0.2, 0) is 0 Å². The van der Waals surface area contributed by atoms with Crippen LogP contribution in [0.15, 0.2) is 45.6 Å². The smallest absolute Gasteiger partial charge is 0.154 e. The van der Waals surface area contributed by atoms with Gasteiger partial charge in [0.05, 0.1) is 16.4 Å². The number of nitrogens with zero attached hydrogens (tertiary/aromatic N) is 1. The van der Waals surface area contributed by atoms with Gasteiger partial charge in [0.25, 0.3) is 0 Å². The molecule has 2 rings (SSSR count). The molecule has 0 radical (unpaired) electrons. The molecule has 0 bridgehead atoms. The molecule has 1 atom stereocenters. The Labute approximate surface area is 89.5 Å². The molecule has 3 nitrogen and oxygen atoms in total. The van der Waals surface area contributed by atoms with Gasteiger partial charge < -0.3 is 9.52 Å². The van der Waals surface area contributed by atoms with Crippen molar-refractivity contribution >= 4 is 15.9 Å². The van der Waals surface area contributed by atoms with Crippen molar-refractivity contribution in [2.75, 3.05) is 0 Å². The predicted octanol–water partition coefficient (Wildman–Crippen LogP) is 2.52. The molecule has 14 heavy (non-hydrogen) atoms. The first-order chi connectivity index (χ1) is 6.79. The zero-order valence-electron chi connectivity index (χ0n) is 7.22. The van der Waals surface area contributed by atoms with Gasteiger partial charge in [-0.25, -0.2) is 0 Å². The van der Waals surface area contributed by atoms with Gasteiger partial charge in [-0.05, 0) is 34.1 Å². The molecule has 0 aliphatic carbocycles. The number of halogens is 1. The van der Waals surface area contributed by atoms with Gasteiger partial charge in [-0.3, -0.25) is 4.98 Å². The molecule has 0 aromatic carbocycles. The summed E-state index contributed by atoms with van der Waals surface area (Å²) < 4.78 is 5.89. The number of aliphatic hydroxyl groups excluding tert-OH is 1. The Morgan fingerprint density at radius 2 is 2.21 bits per heavy atom. The van der Waals surface area contributed by atoms with E-state index in [-0.39, 0.29) is 0 Å². The number of rotatable bonds is 2. The van der Waals surface area contributed by atoms with E-state index in [4.69, 9.17) is 4.42 Å². The highest BCUT2D eigenvalue weighted by atomic mass is 79.9. The fraction of sp³-hybridized carbons (Fsp3) is 0.100. The SMILES string of the molecule is OC(c1ccccn1)c1occc1Br. The summed E-state index contributed by atoms with van der Waals surface area (Å²) in [6, 6.07) is 7.11. The largest absolute Gasteiger partial charge is 0.465 e. The van der Waals surface area contributed by atoms with Crippen LogP contribution in [-0.4, -0.2) is 10.1 Å². The van der Waals surface area contributed by atoms with Crippen LogP contribution in [0, 0.1) is 0 Å². The molecule has 0 amide bonds. The minimum Gasteiger partial charge on any atom is -0.465 e. The van der Waals surface area contributed by atoms with E-state index in [1.807, 2.05) is 6.07 Å². The lowest BCUT2D eigenvalue weighted by Gasteiger charge is -2.06. The molecule has 0 saturated heterocycles. The average Bonchev–Trinajstić information content (AvgIpc) is 2.65. The first-order valence-corrected chi connectivity index (χ1v) is 4.90. The quantitative estimate of drug-likeness (QED) is 0.895. The number of hydrogen-bond donors (Lipinski definition) is 1. The average molecular weight is 254 g/mol. The van der Waals surface area contributed by atoms with Gasteiger partial charge in [-0.2, -0.15) is 0 Å². The van der Waals surface area contributed by atoms with Crippen LogP contribution in [0.25, 0.3) is 0 Å². The van der Waals surface area contributed by atoms with Crippen LogP contribution in [0.5, 0.6) is 0 Å². The Kier molecular flexibility index (Phi) is 2.65. The van der Waals surface area contributed by atoms with Crippen molar-refractivity contribution < 1.29 is 9.52 Å². The monoisotopic (exact) mass is 253 g/mol. The van der Waals surface area contributed by atoms with Gasteiger partial charge in [-0.1, -0.05) is 6.07 Å². The van der Waals surface area contributed by atoms with Crippen molar-refractivity contribution in [3.63, 3.8) is 0 Å². The molecular weight excluding hydrogens is 246 g/mol. The van der Waals surface area contributed by atoms with Gasteiger partial charge in [0.15, 0.2) is 11.9 Å². The Hall–Kier alpha value is -1.13. The van der Waals surface area contributed by atoms with Crippen molar-refractivity contribution in [2.24, 2.45) is 0 Å². The van der Waals surface area contributed by atoms with Gasteiger partial charge in [-0.15, -0.1) is 0 Å². The van der Waals surface area contributed by atoms with Crippen molar-refractivity contribution in [3.8, 4) is 0 Å². The normalized spacial score (nSPS) is 12.7. The van der Waals surface area contributed by atoms with Gasteiger partial charge in [0.1, 0.15) is 0 Å². The van der Waals surface area contributed by atoms with Crippen molar-refractivity contribution in [1.82, 2.24) is 4.98 Å². The number of furan rings is 1. The Balaban J connectivity index is 2.34. The summed E-state index contributed by atoms with van der Waals surface area (Å²) in [5.74, 6) is 0.476. The lowest BCUT2D eigenvalue weighted by Crippen LogP contribution is -2.00. The third kappa shape index (κ3) is 1.71. The molecule has 2 aromatic heterocycles. The van der Waals surface area contributed by atoms with Crippen LogP contribution >= 0.6 is 15.9 Å². The summed E-state index contributed by atoms with van der Waals surface area (Å²) in [6.07, 6.45) is 2.33. The molecule has 2 aromatic rings. The molecule has 2 heterocycles. The summed E-state index contributed by atoms with van der Waals surface area (Å²) in [4.78, 5) is 4.04. The van der Waals surface area contributed by atoms with Crippen molar-refractivity contribution in [3.05, 3.63) is 52.7 Å². The van der Waals surface area contributed by atoms with E-state index in [0.717, 1.165) is 4.47 Å². The standard InChI is InChI=1S/C10H8BrNO2/c11-7-4-6-14-10(7)9(13)8-3-1-2-5-12-8/h1-6,9,13H. The third-order valence-corrected chi connectivity index (χ3v) is 2.52. The van der Waals surface area contributed by atoms with E-state index < -0.39 is 6.10 Å². The Morgan fingerprint density at radius 1 is 1.36 bits per heavy atom. The Morgan fingerprint density at radius 3 is 2.79 bits per heavy atom. The van der Waals surface area contributed by atoms with Gasteiger partial charge in [0.2, 0.25) is 0 Å². The van der Waals surface area contributed by atoms with Crippen molar-refractivity contribution in [2.45, 2.75) is 6.10 Å². The number of pyridine rings is 1. The second-order valence-corrected chi connectivity index (χ2v) is 3.64. The van der Waals surface area contributed by atoms with Crippen molar-refractivity contribution in [1.29, 1.82) is 0 Å². The number of hydrogen-bond acceptors (Lipinski definition) is 3. The molecule has 4 heteroatoms. The maximum atomic E-state index is 9.88. The zero-order valence-corrected chi connectivity index (χ0v) is 8.81. The van der Waals surface area contributed by atoms with E-state index in [0.29, 0.717) is 11.5 Å². The predicted molar refractivity (Wildman–Crippen MR) is 54.7 cm³/mol. The molecule has 72 valence electrons. The minimum absolute atomic E-state index is 0.476. The fourth-order valence-corrected chi connectivity index (χ4v) is 1.59. The summed E-state index contributed by atoms with van der Waals surface area (Å²) in [5.41, 5.74) is 0.572. The van der Waals surface area contributed by atoms with E-state index in [9.17, 15) is 5.11 Å². The number of aliphatic hydroxyl groups is 1. The maximum Gasteiger partial charge on any atom is 0.154 e. The summed E-state index contributed by atoms with van der Waals surface area (Å²) in [5, 5.41) is 9.88. The summed E-state index contributed by atoms with van der Waals surface area (Å²) >= 11 is 3.28. The molecule has 0 aliphatic heterocycles. The third-order valence-electron chi connectivity index (χ3n) is 1.86. The lowest BCUT2D eigenvalue weighted by molar-refractivity contribution is 0.184. The van der Waals surface area contributed by atoms with Crippen LogP contribution in [0.4, 0.5) is 0 Å². The maximum absolute atomic E-state index is 9.88. The molecule has 1 N–H and O–H groups in total. The lowest BCUT2D eigenvalue weighted by atomic mass is 10.2. The summed E-state index contributed by atoms with van der Waals surface area (Å²) in [7, 11) is 0. The van der Waals surface area contributed by atoms with Gasteiger partial charge >= 0.3 is 0 Å². The van der Waals surface area contributed by atoms with E-state index in [2.05, 4.69) is 20.9 Å². The molecule has 0 fully saturated rings. The van der Waals surface area contributed by atoms with Crippen LogP contribution in [0.3, 0.4) is 0 Å². The second kappa shape index (κ2) is 3.94. The highest BCUT2D eigenvalue weighted by molar-refractivity contribution is 9.10. The van der Waals surface area contributed by atoms with E-state index >= 15 is 0 Å². The molecule has 0 spiro atoms. The Bertz CT molecular complexity index is 413. The van der Waals surface area contributed by atoms with Crippen LogP contribution < -0.4 is 0 Å². The zero-order chi connectivity index (χ0) is 9.97.